The Morgan fingerprint density at radius 3 is 2.69 bits per heavy atom. The van der Waals surface area contributed by atoms with Gasteiger partial charge in [-0.2, -0.15) is 0 Å². The summed E-state index contributed by atoms with van der Waals surface area (Å²) in [5.41, 5.74) is 1.26. The molecule has 0 aliphatic carbocycles. The van der Waals surface area contributed by atoms with Crippen molar-refractivity contribution in [3.63, 3.8) is 0 Å². The van der Waals surface area contributed by atoms with Crippen molar-refractivity contribution in [1.82, 2.24) is 5.32 Å². The largest absolute Gasteiger partial charge is 0.310 e. The lowest BCUT2D eigenvalue weighted by Crippen LogP contribution is -2.24. The van der Waals surface area contributed by atoms with E-state index >= 15 is 0 Å². The molecule has 1 aromatic rings. The first-order chi connectivity index (χ1) is 7.63. The third kappa shape index (κ3) is 4.54. The van der Waals surface area contributed by atoms with Gasteiger partial charge in [-0.05, 0) is 43.5 Å². The van der Waals surface area contributed by atoms with Gasteiger partial charge in [-0.1, -0.05) is 44.0 Å². The average Bonchev–Trinajstić information content (AvgIpc) is 2.26. The highest BCUT2D eigenvalue weighted by atomic mass is 35.5. The van der Waals surface area contributed by atoms with Gasteiger partial charge in [0.25, 0.3) is 0 Å². The summed E-state index contributed by atoms with van der Waals surface area (Å²) in [7, 11) is 0. The molecule has 0 bridgehead atoms. The number of benzene rings is 1. The van der Waals surface area contributed by atoms with Gasteiger partial charge in [0.05, 0.1) is 0 Å². The Morgan fingerprint density at radius 1 is 1.31 bits per heavy atom. The van der Waals surface area contributed by atoms with Crippen LogP contribution in [0.5, 0.6) is 0 Å². The van der Waals surface area contributed by atoms with E-state index in [0.717, 1.165) is 17.5 Å². The maximum Gasteiger partial charge on any atom is 0.0409 e. The summed E-state index contributed by atoms with van der Waals surface area (Å²) in [6.45, 7) is 7.78. The van der Waals surface area contributed by atoms with Crippen LogP contribution >= 0.6 is 11.6 Å². The lowest BCUT2D eigenvalue weighted by atomic mass is 10.0. The van der Waals surface area contributed by atoms with E-state index in [0.29, 0.717) is 6.04 Å². The predicted molar refractivity (Wildman–Crippen MR) is 71.9 cm³/mol. The molecule has 1 aromatic carbocycles. The molecule has 1 nitrogen and oxygen atoms in total. The maximum absolute atomic E-state index is 5.97. The van der Waals surface area contributed by atoms with Crippen LogP contribution in [0.2, 0.25) is 5.02 Å². The monoisotopic (exact) mass is 239 g/mol. The van der Waals surface area contributed by atoms with Crippen LogP contribution in [0.25, 0.3) is 0 Å². The summed E-state index contributed by atoms with van der Waals surface area (Å²) in [6, 6.07) is 8.44. The van der Waals surface area contributed by atoms with Crippen LogP contribution in [0.15, 0.2) is 24.3 Å². The molecule has 0 saturated carbocycles. The molecule has 0 heterocycles. The molecule has 0 aromatic heterocycles. The lowest BCUT2D eigenvalue weighted by molar-refractivity contribution is 0.444. The molecular weight excluding hydrogens is 218 g/mol. The van der Waals surface area contributed by atoms with Crippen LogP contribution in [0.1, 0.15) is 45.2 Å². The second kappa shape index (κ2) is 6.93. The molecule has 2 heteroatoms. The first kappa shape index (κ1) is 13.5. The highest BCUT2D eigenvalue weighted by Crippen LogP contribution is 2.17. The van der Waals surface area contributed by atoms with Gasteiger partial charge in [0.15, 0.2) is 0 Å². The molecule has 0 radical (unpaired) electrons. The zero-order chi connectivity index (χ0) is 12.0. The highest BCUT2D eigenvalue weighted by Gasteiger charge is 2.07. The molecular formula is C14H22ClN. The second-order valence-electron chi connectivity index (χ2n) is 4.58. The first-order valence-corrected chi connectivity index (χ1v) is 6.50. The van der Waals surface area contributed by atoms with Crippen molar-refractivity contribution < 1.29 is 0 Å². The van der Waals surface area contributed by atoms with Crippen molar-refractivity contribution in [2.45, 2.75) is 39.7 Å². The Bertz CT molecular complexity index is 311. The van der Waals surface area contributed by atoms with E-state index in [1.165, 1.54) is 18.4 Å². The van der Waals surface area contributed by atoms with Gasteiger partial charge < -0.3 is 5.32 Å². The fourth-order valence-corrected chi connectivity index (χ4v) is 2.07. The average molecular weight is 240 g/mol. The van der Waals surface area contributed by atoms with E-state index in [1.807, 2.05) is 18.2 Å². The Labute approximate surface area is 104 Å². The Morgan fingerprint density at radius 2 is 2.06 bits per heavy atom. The topological polar surface area (TPSA) is 12.0 Å². The van der Waals surface area contributed by atoms with Crippen LogP contribution in [0.3, 0.4) is 0 Å². The molecule has 2 atom stereocenters. The van der Waals surface area contributed by atoms with Gasteiger partial charge in [0.2, 0.25) is 0 Å². The molecule has 0 saturated heterocycles. The Kier molecular flexibility index (Phi) is 5.86. The summed E-state index contributed by atoms with van der Waals surface area (Å²) in [5, 5.41) is 4.36. The molecule has 16 heavy (non-hydrogen) atoms. The van der Waals surface area contributed by atoms with E-state index in [1.54, 1.807) is 0 Å². The summed E-state index contributed by atoms with van der Waals surface area (Å²) in [4.78, 5) is 0. The van der Waals surface area contributed by atoms with E-state index in [4.69, 9.17) is 11.6 Å². The van der Waals surface area contributed by atoms with Gasteiger partial charge in [0.1, 0.15) is 0 Å². The molecule has 0 fully saturated rings. The summed E-state index contributed by atoms with van der Waals surface area (Å²) in [5.74, 6) is 0.742. The lowest BCUT2D eigenvalue weighted by Gasteiger charge is -2.17. The van der Waals surface area contributed by atoms with Crippen LogP contribution in [0, 0.1) is 5.92 Å². The summed E-state index contributed by atoms with van der Waals surface area (Å²) < 4.78 is 0. The van der Waals surface area contributed by atoms with Crippen LogP contribution in [-0.4, -0.2) is 6.54 Å². The van der Waals surface area contributed by atoms with Gasteiger partial charge >= 0.3 is 0 Å². The predicted octanol–water partition coefficient (Wildman–Crippen LogP) is 4.43. The van der Waals surface area contributed by atoms with Gasteiger partial charge in [-0.25, -0.2) is 0 Å². The molecule has 0 spiro atoms. The second-order valence-corrected chi connectivity index (χ2v) is 5.02. The van der Waals surface area contributed by atoms with Crippen LogP contribution in [0.4, 0.5) is 0 Å². The van der Waals surface area contributed by atoms with Gasteiger partial charge in [-0.3, -0.25) is 0 Å². The minimum absolute atomic E-state index is 0.373. The van der Waals surface area contributed by atoms with Crippen LogP contribution < -0.4 is 5.32 Å². The van der Waals surface area contributed by atoms with E-state index in [9.17, 15) is 0 Å². The van der Waals surface area contributed by atoms with Crippen molar-refractivity contribution in [3.05, 3.63) is 34.9 Å². The molecule has 0 amide bonds. The van der Waals surface area contributed by atoms with E-state index in [2.05, 4.69) is 32.2 Å². The Balaban J connectivity index is 2.43. The van der Waals surface area contributed by atoms with Gasteiger partial charge in [-0.15, -0.1) is 0 Å². The quantitative estimate of drug-likeness (QED) is 0.775. The zero-order valence-electron chi connectivity index (χ0n) is 10.5. The number of halogens is 1. The Hall–Kier alpha value is -0.530. The van der Waals surface area contributed by atoms with Crippen molar-refractivity contribution >= 4 is 11.6 Å². The third-order valence-corrected chi connectivity index (χ3v) is 3.14. The fraction of sp³-hybridized carbons (Fsp3) is 0.571. The summed E-state index contributed by atoms with van der Waals surface area (Å²) >= 11 is 5.97. The first-order valence-electron chi connectivity index (χ1n) is 6.12. The smallest absolute Gasteiger partial charge is 0.0409 e. The van der Waals surface area contributed by atoms with Crippen molar-refractivity contribution in [2.24, 2.45) is 5.92 Å². The molecule has 90 valence electrons. The van der Waals surface area contributed by atoms with Crippen molar-refractivity contribution in [2.75, 3.05) is 6.54 Å². The minimum Gasteiger partial charge on any atom is -0.310 e. The zero-order valence-corrected chi connectivity index (χ0v) is 11.2. The van der Waals surface area contributed by atoms with Crippen molar-refractivity contribution in [1.29, 1.82) is 0 Å². The van der Waals surface area contributed by atoms with E-state index in [-0.39, 0.29) is 0 Å². The molecule has 0 aliphatic rings. The van der Waals surface area contributed by atoms with Crippen LogP contribution in [-0.2, 0) is 0 Å². The SMILES string of the molecule is CCCC(C)CNC(C)c1cccc(Cl)c1. The molecule has 1 N–H and O–H groups in total. The van der Waals surface area contributed by atoms with Gasteiger partial charge in [0, 0.05) is 11.1 Å². The number of rotatable bonds is 6. The number of nitrogens with one attached hydrogen (secondary N) is 1. The molecule has 2 unspecified atom stereocenters. The minimum atomic E-state index is 0.373. The number of hydrogen-bond donors (Lipinski definition) is 1. The fourth-order valence-electron chi connectivity index (χ4n) is 1.87. The summed E-state index contributed by atoms with van der Waals surface area (Å²) in [6.07, 6.45) is 2.55. The highest BCUT2D eigenvalue weighted by molar-refractivity contribution is 6.30. The third-order valence-electron chi connectivity index (χ3n) is 2.90. The molecule has 0 aliphatic heterocycles. The van der Waals surface area contributed by atoms with Crippen molar-refractivity contribution in [3.8, 4) is 0 Å². The standard InChI is InChI=1S/C14H22ClN/c1-4-6-11(2)10-16-12(3)13-7-5-8-14(15)9-13/h5,7-9,11-12,16H,4,6,10H2,1-3H3. The normalized spacial score (nSPS) is 14.8. The maximum atomic E-state index is 5.97. The number of hydrogen-bond acceptors (Lipinski definition) is 1. The van der Waals surface area contributed by atoms with E-state index < -0.39 is 0 Å². The molecule has 1 rings (SSSR count).